The predicted molar refractivity (Wildman–Crippen MR) is 72.4 cm³/mol. The summed E-state index contributed by atoms with van der Waals surface area (Å²) in [7, 11) is 0. The third-order valence-corrected chi connectivity index (χ3v) is 3.22. The van der Waals surface area contributed by atoms with E-state index in [2.05, 4.69) is 0 Å². The van der Waals surface area contributed by atoms with Crippen molar-refractivity contribution >= 4 is 23.5 Å². The summed E-state index contributed by atoms with van der Waals surface area (Å²) in [6.07, 6.45) is 3.41. The molecule has 0 bridgehead atoms. The SMILES string of the molecule is O=C(O)C(CCCCCc1ccc(Cl)cc1)C(=O)O. The average molecular weight is 285 g/mol. The third kappa shape index (κ3) is 5.75. The van der Waals surface area contributed by atoms with Crippen molar-refractivity contribution in [3.05, 3.63) is 34.9 Å². The Morgan fingerprint density at radius 3 is 2.11 bits per heavy atom. The van der Waals surface area contributed by atoms with Crippen LogP contribution in [0.2, 0.25) is 5.02 Å². The standard InChI is InChI=1S/C14H17ClO4/c15-11-8-6-10(7-9-11)4-2-1-3-5-12(13(16)17)14(18)19/h6-9,12H,1-5H2,(H,16,17)(H,18,19). The van der Waals surface area contributed by atoms with Gasteiger partial charge in [0.2, 0.25) is 0 Å². The van der Waals surface area contributed by atoms with Crippen LogP contribution in [0.15, 0.2) is 24.3 Å². The molecule has 0 heterocycles. The van der Waals surface area contributed by atoms with Crippen LogP contribution in [0.3, 0.4) is 0 Å². The van der Waals surface area contributed by atoms with E-state index in [1.807, 2.05) is 24.3 Å². The minimum absolute atomic E-state index is 0.186. The molecule has 0 aliphatic carbocycles. The van der Waals surface area contributed by atoms with Crippen LogP contribution in [-0.4, -0.2) is 22.2 Å². The Kier molecular flexibility index (Phi) is 6.36. The van der Waals surface area contributed by atoms with Crippen molar-refractivity contribution in [1.29, 1.82) is 0 Å². The molecule has 0 unspecified atom stereocenters. The van der Waals surface area contributed by atoms with E-state index >= 15 is 0 Å². The van der Waals surface area contributed by atoms with Gasteiger partial charge in [-0.15, -0.1) is 0 Å². The summed E-state index contributed by atoms with van der Waals surface area (Å²) in [5, 5.41) is 18.1. The van der Waals surface area contributed by atoms with Gasteiger partial charge in [-0.25, -0.2) is 0 Å². The van der Waals surface area contributed by atoms with Gasteiger partial charge in [0, 0.05) is 5.02 Å². The maximum atomic E-state index is 10.7. The molecule has 0 saturated heterocycles. The van der Waals surface area contributed by atoms with Crippen molar-refractivity contribution in [2.45, 2.75) is 32.1 Å². The molecule has 0 spiro atoms. The largest absolute Gasteiger partial charge is 0.481 e. The van der Waals surface area contributed by atoms with Crippen LogP contribution in [0.1, 0.15) is 31.2 Å². The first-order valence-corrected chi connectivity index (χ1v) is 6.58. The fraction of sp³-hybridized carbons (Fsp3) is 0.429. The van der Waals surface area contributed by atoms with Crippen molar-refractivity contribution in [2.75, 3.05) is 0 Å². The molecule has 0 aliphatic rings. The molecule has 0 saturated carbocycles. The first kappa shape index (κ1) is 15.5. The lowest BCUT2D eigenvalue weighted by molar-refractivity contribution is -0.154. The smallest absolute Gasteiger partial charge is 0.317 e. The Morgan fingerprint density at radius 1 is 1.00 bits per heavy atom. The van der Waals surface area contributed by atoms with Crippen LogP contribution in [-0.2, 0) is 16.0 Å². The van der Waals surface area contributed by atoms with Gasteiger partial charge >= 0.3 is 11.9 Å². The fourth-order valence-corrected chi connectivity index (χ4v) is 1.98. The molecule has 1 aromatic rings. The molecule has 1 rings (SSSR count). The highest BCUT2D eigenvalue weighted by molar-refractivity contribution is 6.30. The van der Waals surface area contributed by atoms with Gasteiger partial charge in [0.15, 0.2) is 5.92 Å². The lowest BCUT2D eigenvalue weighted by atomic mass is 10.00. The number of aliphatic carboxylic acids is 2. The molecule has 0 aromatic heterocycles. The van der Waals surface area contributed by atoms with Gasteiger partial charge in [0.1, 0.15) is 0 Å². The molecule has 0 aliphatic heterocycles. The maximum Gasteiger partial charge on any atom is 0.317 e. The Morgan fingerprint density at radius 2 is 1.58 bits per heavy atom. The average Bonchev–Trinajstić information content (AvgIpc) is 2.34. The van der Waals surface area contributed by atoms with Gasteiger partial charge in [-0.3, -0.25) is 9.59 Å². The number of rotatable bonds is 8. The summed E-state index contributed by atoms with van der Waals surface area (Å²) in [5.41, 5.74) is 1.18. The quantitative estimate of drug-likeness (QED) is 0.568. The van der Waals surface area contributed by atoms with Crippen molar-refractivity contribution in [1.82, 2.24) is 0 Å². The van der Waals surface area contributed by atoms with Crippen LogP contribution < -0.4 is 0 Å². The molecule has 5 heteroatoms. The van der Waals surface area contributed by atoms with E-state index in [1.165, 1.54) is 5.56 Å². The predicted octanol–water partition coefficient (Wildman–Crippen LogP) is 3.23. The summed E-state index contributed by atoms with van der Waals surface area (Å²) in [4.78, 5) is 21.3. The third-order valence-electron chi connectivity index (χ3n) is 2.97. The topological polar surface area (TPSA) is 74.6 Å². The van der Waals surface area contributed by atoms with Crippen molar-refractivity contribution < 1.29 is 19.8 Å². The number of hydrogen-bond acceptors (Lipinski definition) is 2. The second-order valence-electron chi connectivity index (χ2n) is 4.45. The molecule has 0 fully saturated rings. The van der Waals surface area contributed by atoms with Crippen molar-refractivity contribution in [3.63, 3.8) is 0 Å². The monoisotopic (exact) mass is 284 g/mol. The van der Waals surface area contributed by atoms with E-state index in [0.29, 0.717) is 11.4 Å². The number of halogens is 1. The van der Waals surface area contributed by atoms with E-state index in [1.54, 1.807) is 0 Å². The number of unbranched alkanes of at least 4 members (excludes halogenated alkanes) is 2. The summed E-state index contributed by atoms with van der Waals surface area (Å²) in [6, 6.07) is 7.59. The van der Waals surface area contributed by atoms with Gasteiger partial charge in [0.25, 0.3) is 0 Å². The Balaban J connectivity index is 2.22. The first-order chi connectivity index (χ1) is 9.00. The number of aryl methyl sites for hydroxylation is 1. The van der Waals surface area contributed by atoms with Crippen molar-refractivity contribution in [2.24, 2.45) is 5.92 Å². The molecule has 0 atom stereocenters. The number of hydrogen-bond donors (Lipinski definition) is 2. The summed E-state index contributed by atoms with van der Waals surface area (Å²) < 4.78 is 0. The van der Waals surface area contributed by atoms with Crippen molar-refractivity contribution in [3.8, 4) is 0 Å². The van der Waals surface area contributed by atoms with Gasteiger partial charge < -0.3 is 10.2 Å². The summed E-state index contributed by atoms with van der Waals surface area (Å²) in [5.74, 6) is -3.80. The molecule has 104 valence electrons. The lowest BCUT2D eigenvalue weighted by Gasteiger charge is -2.07. The van der Waals surface area contributed by atoms with E-state index in [9.17, 15) is 9.59 Å². The zero-order chi connectivity index (χ0) is 14.3. The van der Waals surface area contributed by atoms with Crippen LogP contribution in [0.4, 0.5) is 0 Å². The van der Waals surface area contributed by atoms with Crippen LogP contribution >= 0.6 is 11.6 Å². The van der Waals surface area contributed by atoms with Gasteiger partial charge in [-0.2, -0.15) is 0 Å². The van der Waals surface area contributed by atoms with E-state index in [-0.39, 0.29) is 6.42 Å². The Labute approximate surface area is 117 Å². The molecule has 1 aromatic carbocycles. The molecule has 19 heavy (non-hydrogen) atoms. The number of benzene rings is 1. The second-order valence-corrected chi connectivity index (χ2v) is 4.89. The second kappa shape index (κ2) is 7.79. The zero-order valence-electron chi connectivity index (χ0n) is 10.5. The van der Waals surface area contributed by atoms with Crippen LogP contribution in [0.25, 0.3) is 0 Å². The van der Waals surface area contributed by atoms with Gasteiger partial charge in [0.05, 0.1) is 0 Å². The fourth-order valence-electron chi connectivity index (χ4n) is 1.86. The molecular formula is C14H17ClO4. The molecule has 0 amide bonds. The first-order valence-electron chi connectivity index (χ1n) is 6.20. The highest BCUT2D eigenvalue weighted by Crippen LogP contribution is 2.14. The number of carboxylic acid groups (broad SMARTS) is 2. The highest BCUT2D eigenvalue weighted by atomic mass is 35.5. The Bertz CT molecular complexity index is 414. The van der Waals surface area contributed by atoms with E-state index in [0.717, 1.165) is 19.3 Å². The summed E-state index contributed by atoms with van der Waals surface area (Å²) in [6.45, 7) is 0. The van der Waals surface area contributed by atoms with Crippen LogP contribution in [0.5, 0.6) is 0 Å². The minimum Gasteiger partial charge on any atom is -0.481 e. The normalized spacial score (nSPS) is 10.6. The van der Waals surface area contributed by atoms with E-state index in [4.69, 9.17) is 21.8 Å². The number of carboxylic acids is 2. The van der Waals surface area contributed by atoms with E-state index < -0.39 is 17.9 Å². The molecule has 2 N–H and O–H groups in total. The highest BCUT2D eigenvalue weighted by Gasteiger charge is 2.24. The van der Waals surface area contributed by atoms with Crippen LogP contribution in [0, 0.1) is 5.92 Å². The Hall–Kier alpha value is -1.55. The summed E-state index contributed by atoms with van der Waals surface area (Å²) >= 11 is 5.78. The molecular weight excluding hydrogens is 268 g/mol. The van der Waals surface area contributed by atoms with Gasteiger partial charge in [-0.05, 0) is 37.0 Å². The zero-order valence-corrected chi connectivity index (χ0v) is 11.3. The molecule has 4 nitrogen and oxygen atoms in total. The maximum absolute atomic E-state index is 10.7. The van der Waals surface area contributed by atoms with Gasteiger partial charge in [-0.1, -0.05) is 36.6 Å². The number of carbonyl (C=O) groups is 2. The molecule has 0 radical (unpaired) electrons. The minimum atomic E-state index is -1.28. The lowest BCUT2D eigenvalue weighted by Crippen LogP contribution is -2.23.